The monoisotopic (exact) mass is 299 g/mol. The molecule has 0 unspecified atom stereocenters. The molecule has 1 aliphatic rings. The second kappa shape index (κ2) is 5.64. The maximum atomic E-state index is 6.33. The van der Waals surface area contributed by atoms with Crippen LogP contribution in [-0.2, 0) is 4.74 Å². The largest absolute Gasteiger partial charge is 0.472 e. The fraction of sp³-hybridized carbons (Fsp3) is 0.389. The molecule has 0 amide bonds. The second-order valence-corrected chi connectivity index (χ2v) is 7.29. The van der Waals surface area contributed by atoms with Crippen LogP contribution in [0.4, 0.5) is 0 Å². The van der Waals surface area contributed by atoms with Crippen molar-refractivity contribution < 1.29 is 4.74 Å². The van der Waals surface area contributed by atoms with E-state index >= 15 is 0 Å². The van der Waals surface area contributed by atoms with Crippen LogP contribution in [0.3, 0.4) is 0 Å². The first-order valence-corrected chi connectivity index (χ1v) is 8.28. The van der Waals surface area contributed by atoms with Gasteiger partial charge >= 0.3 is 0 Å². The topological polar surface area (TPSA) is 21.6 Å². The van der Waals surface area contributed by atoms with Crippen LogP contribution in [0.15, 0.2) is 52.2 Å². The Kier molecular flexibility index (Phi) is 3.85. The molecule has 21 heavy (non-hydrogen) atoms. The van der Waals surface area contributed by atoms with E-state index in [-0.39, 0.29) is 11.5 Å². The number of thiophene rings is 1. The van der Waals surface area contributed by atoms with Crippen LogP contribution in [0.1, 0.15) is 43.9 Å². The Balaban J connectivity index is 1.97. The molecule has 2 aromatic rings. The Morgan fingerprint density at radius 1 is 1.10 bits per heavy atom. The average Bonchev–Trinajstić information content (AvgIpc) is 3.01. The van der Waals surface area contributed by atoms with Gasteiger partial charge in [0.25, 0.3) is 0 Å². The van der Waals surface area contributed by atoms with Crippen LogP contribution in [-0.4, -0.2) is 12.4 Å². The van der Waals surface area contributed by atoms with Crippen LogP contribution in [0.25, 0.3) is 0 Å². The van der Waals surface area contributed by atoms with Gasteiger partial charge in [-0.2, -0.15) is 11.3 Å². The molecule has 0 bridgehead atoms. The Morgan fingerprint density at radius 2 is 1.86 bits per heavy atom. The summed E-state index contributed by atoms with van der Waals surface area (Å²) in [6, 6.07) is 12.7. The number of rotatable bonds is 2. The highest BCUT2D eigenvalue weighted by Crippen LogP contribution is 2.40. The van der Waals surface area contributed by atoms with Gasteiger partial charge in [-0.25, -0.2) is 0 Å². The summed E-state index contributed by atoms with van der Waals surface area (Å²) in [6.45, 7) is 7.25. The van der Waals surface area contributed by atoms with Crippen molar-refractivity contribution in [3.05, 3.63) is 58.3 Å². The third-order valence-corrected chi connectivity index (χ3v) is 4.48. The number of aliphatic imine (C=N–C) groups is 1. The van der Waals surface area contributed by atoms with Gasteiger partial charge in [0.2, 0.25) is 0 Å². The number of hydrogen-bond donors (Lipinski definition) is 0. The fourth-order valence-corrected chi connectivity index (χ4v) is 3.36. The van der Waals surface area contributed by atoms with E-state index in [2.05, 4.69) is 61.9 Å². The summed E-state index contributed by atoms with van der Waals surface area (Å²) in [5.74, 6) is 1.16. The standard InChI is InChI=1S/C18H21NOS/c1-18(2,3)17-19-11-15(14-9-10-21-12-14)16(20-17)13-7-5-4-6-8-13/h4-10,12,15-16H,11H2,1-3H3/t15-,16-/m1/s1. The van der Waals surface area contributed by atoms with E-state index in [9.17, 15) is 0 Å². The summed E-state index contributed by atoms with van der Waals surface area (Å²) in [7, 11) is 0. The van der Waals surface area contributed by atoms with Gasteiger partial charge in [-0.3, -0.25) is 4.99 Å². The van der Waals surface area contributed by atoms with Crippen LogP contribution < -0.4 is 0 Å². The highest BCUT2D eigenvalue weighted by Gasteiger charge is 2.35. The number of ether oxygens (including phenoxy) is 1. The van der Waals surface area contributed by atoms with Crippen LogP contribution in [0.5, 0.6) is 0 Å². The maximum absolute atomic E-state index is 6.33. The molecule has 0 spiro atoms. The Hall–Kier alpha value is -1.61. The molecule has 1 aromatic carbocycles. The molecule has 1 aliphatic heterocycles. The molecular weight excluding hydrogens is 278 g/mol. The highest BCUT2D eigenvalue weighted by atomic mass is 32.1. The summed E-state index contributed by atoms with van der Waals surface area (Å²) in [5, 5.41) is 4.34. The summed E-state index contributed by atoms with van der Waals surface area (Å²) < 4.78 is 6.33. The minimum Gasteiger partial charge on any atom is -0.472 e. The zero-order valence-electron chi connectivity index (χ0n) is 12.7. The third-order valence-electron chi connectivity index (χ3n) is 3.78. The van der Waals surface area contributed by atoms with Gasteiger partial charge in [0.1, 0.15) is 6.10 Å². The zero-order valence-corrected chi connectivity index (χ0v) is 13.6. The van der Waals surface area contributed by atoms with Gasteiger partial charge in [0.05, 0.1) is 6.54 Å². The molecule has 2 heterocycles. The summed E-state index contributed by atoms with van der Waals surface area (Å²) >= 11 is 1.73. The zero-order chi connectivity index (χ0) is 14.9. The molecule has 0 fully saturated rings. The van der Waals surface area contributed by atoms with Crippen molar-refractivity contribution in [3.63, 3.8) is 0 Å². The highest BCUT2D eigenvalue weighted by molar-refractivity contribution is 7.08. The maximum Gasteiger partial charge on any atom is 0.189 e. The van der Waals surface area contributed by atoms with E-state index < -0.39 is 0 Å². The molecule has 0 radical (unpaired) electrons. The van der Waals surface area contributed by atoms with Crippen molar-refractivity contribution >= 4 is 17.2 Å². The second-order valence-electron chi connectivity index (χ2n) is 6.51. The molecule has 0 saturated heterocycles. The Morgan fingerprint density at radius 3 is 2.48 bits per heavy atom. The third kappa shape index (κ3) is 3.03. The van der Waals surface area contributed by atoms with Crippen LogP contribution in [0, 0.1) is 5.41 Å². The minimum atomic E-state index is -0.0490. The quantitative estimate of drug-likeness (QED) is 0.760. The van der Waals surface area contributed by atoms with E-state index in [4.69, 9.17) is 9.73 Å². The smallest absolute Gasteiger partial charge is 0.189 e. The van der Waals surface area contributed by atoms with E-state index in [0.29, 0.717) is 5.92 Å². The van der Waals surface area contributed by atoms with Crippen molar-refractivity contribution in [2.75, 3.05) is 6.54 Å². The van der Waals surface area contributed by atoms with E-state index in [0.717, 1.165) is 12.4 Å². The van der Waals surface area contributed by atoms with E-state index in [1.807, 2.05) is 6.07 Å². The normalized spacial score (nSPS) is 22.5. The van der Waals surface area contributed by atoms with Crippen molar-refractivity contribution in [2.45, 2.75) is 32.8 Å². The summed E-state index contributed by atoms with van der Waals surface area (Å²) in [4.78, 5) is 4.71. The molecule has 3 heteroatoms. The van der Waals surface area contributed by atoms with Gasteiger partial charge in [-0.15, -0.1) is 0 Å². The molecular formula is C18H21NOS. The molecule has 0 aliphatic carbocycles. The van der Waals surface area contributed by atoms with E-state index in [1.54, 1.807) is 11.3 Å². The van der Waals surface area contributed by atoms with Gasteiger partial charge < -0.3 is 4.74 Å². The first-order valence-electron chi connectivity index (χ1n) is 7.34. The van der Waals surface area contributed by atoms with Crippen LogP contribution in [0.2, 0.25) is 0 Å². The number of hydrogen-bond acceptors (Lipinski definition) is 3. The predicted octanol–water partition coefficient (Wildman–Crippen LogP) is 5.05. The lowest BCUT2D eigenvalue weighted by Gasteiger charge is -2.35. The first kappa shape index (κ1) is 14.3. The van der Waals surface area contributed by atoms with Crippen molar-refractivity contribution in [1.82, 2.24) is 0 Å². The van der Waals surface area contributed by atoms with Crippen LogP contribution >= 0.6 is 11.3 Å². The van der Waals surface area contributed by atoms with Crippen molar-refractivity contribution in [2.24, 2.45) is 10.4 Å². The molecule has 0 N–H and O–H groups in total. The average molecular weight is 299 g/mol. The molecule has 0 saturated carbocycles. The Labute approximate surface area is 130 Å². The van der Waals surface area contributed by atoms with Crippen molar-refractivity contribution in [1.29, 1.82) is 0 Å². The number of benzene rings is 1. The first-order chi connectivity index (χ1) is 10.1. The molecule has 3 rings (SSSR count). The SMILES string of the molecule is CC(C)(C)C1=NC[C@H](c2ccsc2)[C@@H](c2ccccc2)O1. The molecule has 2 nitrogen and oxygen atoms in total. The summed E-state index contributed by atoms with van der Waals surface area (Å²) in [6.07, 6.45) is 0.0486. The number of nitrogens with zero attached hydrogens (tertiary/aromatic N) is 1. The predicted molar refractivity (Wildman–Crippen MR) is 89.1 cm³/mol. The van der Waals surface area contributed by atoms with Gasteiger partial charge in [-0.05, 0) is 28.0 Å². The fourth-order valence-electron chi connectivity index (χ4n) is 2.64. The van der Waals surface area contributed by atoms with E-state index in [1.165, 1.54) is 11.1 Å². The lowest BCUT2D eigenvalue weighted by molar-refractivity contribution is 0.123. The molecule has 110 valence electrons. The molecule has 1 aromatic heterocycles. The summed E-state index contributed by atoms with van der Waals surface area (Å²) in [5.41, 5.74) is 2.50. The lowest BCUT2D eigenvalue weighted by atomic mass is 9.88. The minimum absolute atomic E-state index is 0.0486. The molecule has 2 atom stereocenters. The van der Waals surface area contributed by atoms with Gasteiger partial charge in [0, 0.05) is 11.3 Å². The lowest BCUT2D eigenvalue weighted by Crippen LogP contribution is -2.33. The van der Waals surface area contributed by atoms with Gasteiger partial charge in [-0.1, -0.05) is 51.1 Å². The van der Waals surface area contributed by atoms with Crippen molar-refractivity contribution in [3.8, 4) is 0 Å². The Bertz CT molecular complexity index is 610. The van der Waals surface area contributed by atoms with Gasteiger partial charge in [0.15, 0.2) is 5.90 Å².